The molecule has 0 saturated carbocycles. The van der Waals surface area contributed by atoms with Gasteiger partial charge in [-0.1, -0.05) is 29.3 Å². The summed E-state index contributed by atoms with van der Waals surface area (Å²) in [5.74, 6) is 6.60. The van der Waals surface area contributed by atoms with Crippen molar-refractivity contribution < 1.29 is 0 Å². The Hall–Kier alpha value is -1.11. The standard InChI is InChI=1S/C13H15BrN4S/c1-8-3-9(2)5-10(4-8)7-19-12-11(14)6-16-13(17-12)18-15/h3-6H,7,15H2,1-2H3,(H,16,17,18). The van der Waals surface area contributed by atoms with E-state index in [1.54, 1.807) is 18.0 Å². The zero-order valence-electron chi connectivity index (χ0n) is 10.8. The fourth-order valence-electron chi connectivity index (χ4n) is 1.83. The van der Waals surface area contributed by atoms with Crippen molar-refractivity contribution in [2.75, 3.05) is 5.43 Å². The van der Waals surface area contributed by atoms with E-state index in [0.29, 0.717) is 5.95 Å². The van der Waals surface area contributed by atoms with Crippen molar-refractivity contribution in [2.45, 2.75) is 24.6 Å². The molecule has 0 unspecified atom stereocenters. The average molecular weight is 339 g/mol. The van der Waals surface area contributed by atoms with Crippen LogP contribution < -0.4 is 11.3 Å². The molecular weight excluding hydrogens is 324 g/mol. The molecule has 100 valence electrons. The highest BCUT2D eigenvalue weighted by atomic mass is 79.9. The first-order valence-corrected chi connectivity index (χ1v) is 7.55. The molecule has 0 fully saturated rings. The van der Waals surface area contributed by atoms with Gasteiger partial charge in [-0.15, -0.1) is 11.8 Å². The minimum atomic E-state index is 0.422. The number of nitrogens with one attached hydrogen (secondary N) is 1. The lowest BCUT2D eigenvalue weighted by Gasteiger charge is -2.07. The molecule has 6 heteroatoms. The van der Waals surface area contributed by atoms with Gasteiger partial charge in [0.1, 0.15) is 5.03 Å². The summed E-state index contributed by atoms with van der Waals surface area (Å²) in [6.45, 7) is 4.22. The van der Waals surface area contributed by atoms with E-state index in [1.807, 2.05) is 0 Å². The van der Waals surface area contributed by atoms with Crippen LogP contribution in [0.2, 0.25) is 0 Å². The molecule has 0 bridgehead atoms. The van der Waals surface area contributed by atoms with Crippen LogP contribution in [0.4, 0.5) is 5.95 Å². The first-order chi connectivity index (χ1) is 9.08. The van der Waals surface area contributed by atoms with Crippen molar-refractivity contribution in [1.29, 1.82) is 0 Å². The molecule has 0 radical (unpaired) electrons. The second kappa shape index (κ2) is 6.36. The Morgan fingerprint density at radius 2 is 1.95 bits per heavy atom. The number of benzene rings is 1. The van der Waals surface area contributed by atoms with Crippen molar-refractivity contribution in [3.63, 3.8) is 0 Å². The predicted octanol–water partition coefficient (Wildman–Crippen LogP) is 3.43. The third kappa shape index (κ3) is 3.92. The summed E-state index contributed by atoms with van der Waals surface area (Å²) >= 11 is 5.10. The minimum Gasteiger partial charge on any atom is -0.292 e. The average Bonchev–Trinajstić information content (AvgIpc) is 2.37. The van der Waals surface area contributed by atoms with Gasteiger partial charge >= 0.3 is 0 Å². The van der Waals surface area contributed by atoms with Crippen LogP contribution in [0.3, 0.4) is 0 Å². The van der Waals surface area contributed by atoms with Crippen molar-refractivity contribution in [3.05, 3.63) is 45.6 Å². The number of hydrogen-bond acceptors (Lipinski definition) is 5. The van der Waals surface area contributed by atoms with Gasteiger partial charge in [0, 0.05) is 11.9 Å². The predicted molar refractivity (Wildman–Crippen MR) is 83.0 cm³/mol. The number of nitrogens with zero attached hydrogens (tertiary/aromatic N) is 2. The molecule has 1 heterocycles. The summed E-state index contributed by atoms with van der Waals surface area (Å²) in [7, 11) is 0. The highest BCUT2D eigenvalue weighted by Gasteiger charge is 2.06. The molecule has 0 spiro atoms. The number of thioether (sulfide) groups is 1. The zero-order valence-corrected chi connectivity index (χ0v) is 13.2. The first-order valence-electron chi connectivity index (χ1n) is 5.77. The van der Waals surface area contributed by atoms with Crippen LogP contribution in [0, 0.1) is 13.8 Å². The number of hydrazine groups is 1. The molecule has 0 saturated heterocycles. The van der Waals surface area contributed by atoms with E-state index in [4.69, 9.17) is 5.84 Å². The van der Waals surface area contributed by atoms with Gasteiger partial charge in [-0.05, 0) is 35.3 Å². The van der Waals surface area contributed by atoms with Crippen LogP contribution in [0.5, 0.6) is 0 Å². The van der Waals surface area contributed by atoms with Crippen LogP contribution in [-0.2, 0) is 5.75 Å². The lowest BCUT2D eigenvalue weighted by Crippen LogP contribution is -2.10. The van der Waals surface area contributed by atoms with Gasteiger partial charge in [0.2, 0.25) is 5.95 Å². The van der Waals surface area contributed by atoms with Crippen molar-refractivity contribution in [3.8, 4) is 0 Å². The number of anilines is 1. The molecule has 4 nitrogen and oxygen atoms in total. The maximum absolute atomic E-state index is 5.32. The quantitative estimate of drug-likeness (QED) is 0.387. The van der Waals surface area contributed by atoms with Gasteiger partial charge in [-0.25, -0.2) is 15.8 Å². The van der Waals surface area contributed by atoms with Gasteiger partial charge < -0.3 is 0 Å². The van der Waals surface area contributed by atoms with Crippen LogP contribution in [-0.4, -0.2) is 9.97 Å². The van der Waals surface area contributed by atoms with E-state index < -0.39 is 0 Å². The van der Waals surface area contributed by atoms with Gasteiger partial charge in [-0.3, -0.25) is 5.43 Å². The number of aromatic nitrogens is 2. The highest BCUT2D eigenvalue weighted by molar-refractivity contribution is 9.10. The Morgan fingerprint density at radius 3 is 2.58 bits per heavy atom. The second-order valence-electron chi connectivity index (χ2n) is 4.28. The summed E-state index contributed by atoms with van der Waals surface area (Å²) in [5, 5.41) is 0.877. The highest BCUT2D eigenvalue weighted by Crippen LogP contribution is 2.28. The second-order valence-corrected chi connectivity index (χ2v) is 6.09. The van der Waals surface area contributed by atoms with Crippen LogP contribution >= 0.6 is 27.7 Å². The third-order valence-electron chi connectivity index (χ3n) is 2.50. The fourth-order valence-corrected chi connectivity index (χ4v) is 3.17. The SMILES string of the molecule is Cc1cc(C)cc(CSc2nc(NN)ncc2Br)c1. The molecule has 2 aromatic rings. The summed E-state index contributed by atoms with van der Waals surface area (Å²) in [5.41, 5.74) is 6.30. The molecule has 2 rings (SSSR count). The maximum Gasteiger partial charge on any atom is 0.238 e. The van der Waals surface area contributed by atoms with E-state index in [2.05, 4.69) is 63.4 Å². The molecular formula is C13H15BrN4S. The number of nitrogens with two attached hydrogens (primary N) is 1. The smallest absolute Gasteiger partial charge is 0.238 e. The normalized spacial score (nSPS) is 10.5. The zero-order chi connectivity index (χ0) is 13.8. The Kier molecular flexibility index (Phi) is 4.79. The Bertz CT molecular complexity index is 569. The lowest BCUT2D eigenvalue weighted by molar-refractivity contribution is 1.01. The molecule has 0 aliphatic heterocycles. The Balaban J connectivity index is 2.13. The first kappa shape index (κ1) is 14.3. The molecule has 0 aliphatic carbocycles. The summed E-state index contributed by atoms with van der Waals surface area (Å²) in [4.78, 5) is 8.35. The molecule has 0 aliphatic rings. The van der Waals surface area contributed by atoms with E-state index in [9.17, 15) is 0 Å². The summed E-state index contributed by atoms with van der Waals surface area (Å²) < 4.78 is 0.876. The molecule has 0 amide bonds. The van der Waals surface area contributed by atoms with Gasteiger partial charge in [0.25, 0.3) is 0 Å². The van der Waals surface area contributed by atoms with Gasteiger partial charge in [0.05, 0.1) is 4.47 Å². The van der Waals surface area contributed by atoms with Crippen LogP contribution in [0.25, 0.3) is 0 Å². The van der Waals surface area contributed by atoms with Crippen LogP contribution in [0.15, 0.2) is 33.9 Å². The van der Waals surface area contributed by atoms with Crippen LogP contribution in [0.1, 0.15) is 16.7 Å². The maximum atomic E-state index is 5.32. The molecule has 3 N–H and O–H groups in total. The Morgan fingerprint density at radius 1 is 1.26 bits per heavy atom. The lowest BCUT2D eigenvalue weighted by atomic mass is 10.1. The number of aryl methyl sites for hydroxylation is 2. The molecule has 1 aromatic heterocycles. The number of nitrogen functional groups attached to an aromatic ring is 1. The number of halogens is 1. The van der Waals surface area contributed by atoms with Crippen molar-refractivity contribution in [1.82, 2.24) is 9.97 Å². The molecule has 19 heavy (non-hydrogen) atoms. The van der Waals surface area contributed by atoms with E-state index >= 15 is 0 Å². The van der Waals surface area contributed by atoms with Gasteiger partial charge in [0.15, 0.2) is 0 Å². The summed E-state index contributed by atoms with van der Waals surface area (Å²) in [6, 6.07) is 6.56. The van der Waals surface area contributed by atoms with Gasteiger partial charge in [-0.2, -0.15) is 0 Å². The minimum absolute atomic E-state index is 0.422. The van der Waals surface area contributed by atoms with E-state index in [-0.39, 0.29) is 0 Å². The molecule has 0 atom stereocenters. The van der Waals surface area contributed by atoms with Crippen molar-refractivity contribution >= 4 is 33.6 Å². The van der Waals surface area contributed by atoms with E-state index in [1.165, 1.54) is 16.7 Å². The van der Waals surface area contributed by atoms with Crippen molar-refractivity contribution in [2.24, 2.45) is 5.84 Å². The third-order valence-corrected chi connectivity index (χ3v) is 4.40. The monoisotopic (exact) mass is 338 g/mol. The summed E-state index contributed by atoms with van der Waals surface area (Å²) in [6.07, 6.45) is 1.70. The fraction of sp³-hybridized carbons (Fsp3) is 0.231. The number of rotatable bonds is 4. The Labute approximate surface area is 125 Å². The largest absolute Gasteiger partial charge is 0.292 e. The topological polar surface area (TPSA) is 63.8 Å². The molecule has 1 aromatic carbocycles. The number of hydrogen-bond donors (Lipinski definition) is 2. The van der Waals surface area contributed by atoms with E-state index in [0.717, 1.165) is 15.3 Å².